The number of rotatable bonds is 10. The maximum atomic E-state index is 11.0. The lowest BCUT2D eigenvalue weighted by molar-refractivity contribution is -0.191. The molecule has 1 N–H and O–H groups in total. The Balaban J connectivity index is 1.38. The molecule has 1 saturated carbocycles. The molecule has 4 heteroatoms. The predicted octanol–water partition coefficient (Wildman–Crippen LogP) is 5.68. The Labute approximate surface area is 188 Å². The maximum absolute atomic E-state index is 11.0. The average molecular weight is 431 g/mol. The third-order valence-corrected chi connectivity index (χ3v) is 8.00. The lowest BCUT2D eigenvalue weighted by Crippen LogP contribution is -2.30. The average Bonchev–Trinajstić information content (AvgIpc) is 3.10. The van der Waals surface area contributed by atoms with E-state index in [4.69, 9.17) is 14.2 Å². The third-order valence-electron chi connectivity index (χ3n) is 8.00. The zero-order valence-electron chi connectivity index (χ0n) is 19.6. The summed E-state index contributed by atoms with van der Waals surface area (Å²) in [6, 6.07) is 6.45. The molecule has 31 heavy (non-hydrogen) atoms. The quantitative estimate of drug-likeness (QED) is 0.485. The van der Waals surface area contributed by atoms with E-state index in [1.54, 1.807) is 7.11 Å². The number of unbranched alkanes of at least 4 members (excludes halogenated alkanes) is 2. The fraction of sp³-hybridized carbons (Fsp3) is 0.778. The number of aliphatic hydroxyl groups excluding tert-OH is 1. The lowest BCUT2D eigenvalue weighted by Gasteiger charge is -2.33. The zero-order chi connectivity index (χ0) is 21.6. The molecule has 1 aliphatic heterocycles. The summed E-state index contributed by atoms with van der Waals surface area (Å²) in [6.45, 7) is 3.09. The van der Waals surface area contributed by atoms with Crippen LogP contribution in [0.15, 0.2) is 18.2 Å². The van der Waals surface area contributed by atoms with Crippen LogP contribution in [-0.2, 0) is 22.3 Å². The molecule has 6 atom stereocenters. The number of aliphatic hydroxyl groups is 1. The summed E-state index contributed by atoms with van der Waals surface area (Å²) in [4.78, 5) is 0. The van der Waals surface area contributed by atoms with Crippen LogP contribution in [0.25, 0.3) is 0 Å². The molecule has 4 rings (SSSR count). The Bertz CT molecular complexity index is 684. The minimum absolute atomic E-state index is 0.0179. The SMILES string of the molecule is CCCCCC(CCC1C(O)CC2Cc3c(cccc3OC)CC21)OC1CCCCO1. The van der Waals surface area contributed by atoms with Crippen molar-refractivity contribution in [3.63, 3.8) is 0 Å². The van der Waals surface area contributed by atoms with Gasteiger partial charge in [0.1, 0.15) is 5.75 Å². The van der Waals surface area contributed by atoms with Crippen molar-refractivity contribution in [2.45, 2.75) is 102 Å². The molecule has 0 spiro atoms. The van der Waals surface area contributed by atoms with Crippen LogP contribution in [0.4, 0.5) is 0 Å². The van der Waals surface area contributed by atoms with E-state index in [1.165, 1.54) is 36.8 Å². The van der Waals surface area contributed by atoms with Gasteiger partial charge in [-0.2, -0.15) is 0 Å². The van der Waals surface area contributed by atoms with Gasteiger partial charge < -0.3 is 19.3 Å². The van der Waals surface area contributed by atoms with E-state index in [1.807, 2.05) is 0 Å². The summed E-state index contributed by atoms with van der Waals surface area (Å²) in [5.74, 6) is 2.56. The molecular formula is C27H42O4. The van der Waals surface area contributed by atoms with Gasteiger partial charge in [-0.1, -0.05) is 38.3 Å². The third kappa shape index (κ3) is 5.64. The van der Waals surface area contributed by atoms with Crippen molar-refractivity contribution in [3.05, 3.63) is 29.3 Å². The first-order valence-electron chi connectivity index (χ1n) is 12.8. The van der Waals surface area contributed by atoms with Gasteiger partial charge in [0.05, 0.1) is 19.3 Å². The summed E-state index contributed by atoms with van der Waals surface area (Å²) in [5.41, 5.74) is 2.79. The van der Waals surface area contributed by atoms with Gasteiger partial charge >= 0.3 is 0 Å². The number of methoxy groups -OCH3 is 1. The van der Waals surface area contributed by atoms with Crippen LogP contribution in [0.1, 0.15) is 82.3 Å². The van der Waals surface area contributed by atoms with Crippen molar-refractivity contribution in [1.29, 1.82) is 0 Å². The van der Waals surface area contributed by atoms with E-state index in [0.717, 1.165) is 63.7 Å². The molecule has 1 aromatic carbocycles. The molecule has 0 radical (unpaired) electrons. The molecule has 4 nitrogen and oxygen atoms in total. The normalized spacial score (nSPS) is 31.1. The van der Waals surface area contributed by atoms with Crippen LogP contribution in [-0.4, -0.2) is 37.3 Å². The smallest absolute Gasteiger partial charge is 0.157 e. The first-order chi connectivity index (χ1) is 15.2. The Hall–Kier alpha value is -1.10. The van der Waals surface area contributed by atoms with Crippen LogP contribution in [0.3, 0.4) is 0 Å². The van der Waals surface area contributed by atoms with Crippen molar-refractivity contribution in [1.82, 2.24) is 0 Å². The number of hydrogen-bond donors (Lipinski definition) is 1. The molecule has 2 aliphatic carbocycles. The van der Waals surface area contributed by atoms with Crippen LogP contribution < -0.4 is 4.74 Å². The second-order valence-corrected chi connectivity index (χ2v) is 10.0. The van der Waals surface area contributed by atoms with Gasteiger partial charge in [-0.05, 0) is 92.7 Å². The standard InChI is InChI=1S/C27H42O4/c1-3-4-5-10-21(31-27-12-6-7-15-30-27)13-14-22-23-16-19-9-8-11-26(29-2)24(19)17-20(23)18-25(22)28/h8-9,11,20-23,25,27-28H,3-7,10,12-18H2,1-2H3. The highest BCUT2D eigenvalue weighted by Crippen LogP contribution is 2.48. The van der Waals surface area contributed by atoms with E-state index in [0.29, 0.717) is 17.8 Å². The van der Waals surface area contributed by atoms with Gasteiger partial charge in [0.2, 0.25) is 0 Å². The van der Waals surface area contributed by atoms with Crippen molar-refractivity contribution >= 4 is 0 Å². The number of fused-ring (bicyclic) bond motifs is 2. The highest BCUT2D eigenvalue weighted by molar-refractivity contribution is 5.43. The van der Waals surface area contributed by atoms with E-state index in [9.17, 15) is 5.11 Å². The first kappa shape index (κ1) is 23.1. The topological polar surface area (TPSA) is 47.9 Å². The van der Waals surface area contributed by atoms with Crippen LogP contribution >= 0.6 is 0 Å². The van der Waals surface area contributed by atoms with Gasteiger partial charge in [0.15, 0.2) is 6.29 Å². The molecule has 1 heterocycles. The van der Waals surface area contributed by atoms with Crippen LogP contribution in [0.5, 0.6) is 5.75 Å². The highest BCUT2D eigenvalue weighted by Gasteiger charge is 2.45. The van der Waals surface area contributed by atoms with Gasteiger partial charge in [-0.25, -0.2) is 0 Å². The molecule has 174 valence electrons. The van der Waals surface area contributed by atoms with E-state index in [2.05, 4.69) is 25.1 Å². The molecule has 0 aromatic heterocycles. The van der Waals surface area contributed by atoms with Crippen molar-refractivity contribution in [3.8, 4) is 5.75 Å². The molecule has 0 amide bonds. The highest BCUT2D eigenvalue weighted by atomic mass is 16.7. The lowest BCUT2D eigenvalue weighted by atomic mass is 9.73. The number of hydrogen-bond acceptors (Lipinski definition) is 4. The van der Waals surface area contributed by atoms with Gasteiger partial charge in [-0.3, -0.25) is 0 Å². The van der Waals surface area contributed by atoms with Crippen molar-refractivity contribution in [2.75, 3.05) is 13.7 Å². The van der Waals surface area contributed by atoms with Crippen molar-refractivity contribution in [2.24, 2.45) is 17.8 Å². The van der Waals surface area contributed by atoms with E-state index in [-0.39, 0.29) is 18.5 Å². The zero-order valence-corrected chi connectivity index (χ0v) is 19.6. The summed E-state index contributed by atoms with van der Waals surface area (Å²) in [6.07, 6.45) is 13.4. The molecule has 3 aliphatic rings. The summed E-state index contributed by atoms with van der Waals surface area (Å²) in [7, 11) is 1.77. The summed E-state index contributed by atoms with van der Waals surface area (Å²) >= 11 is 0. The molecule has 1 aromatic rings. The summed E-state index contributed by atoms with van der Waals surface area (Å²) < 4.78 is 17.9. The minimum Gasteiger partial charge on any atom is -0.496 e. The van der Waals surface area contributed by atoms with Crippen LogP contribution in [0.2, 0.25) is 0 Å². The van der Waals surface area contributed by atoms with E-state index < -0.39 is 0 Å². The molecule has 1 saturated heterocycles. The van der Waals surface area contributed by atoms with E-state index >= 15 is 0 Å². The molecule has 6 unspecified atom stereocenters. The predicted molar refractivity (Wildman–Crippen MR) is 123 cm³/mol. The van der Waals surface area contributed by atoms with Gasteiger partial charge in [0.25, 0.3) is 0 Å². The minimum atomic E-state index is -0.183. The number of benzene rings is 1. The van der Waals surface area contributed by atoms with Gasteiger partial charge in [0, 0.05) is 6.61 Å². The second-order valence-electron chi connectivity index (χ2n) is 10.0. The maximum Gasteiger partial charge on any atom is 0.157 e. The van der Waals surface area contributed by atoms with Gasteiger partial charge in [-0.15, -0.1) is 0 Å². The Morgan fingerprint density at radius 2 is 2.06 bits per heavy atom. The number of ether oxygens (including phenoxy) is 3. The molecular weight excluding hydrogens is 388 g/mol. The molecule has 2 fully saturated rings. The fourth-order valence-electron chi connectivity index (χ4n) is 6.31. The van der Waals surface area contributed by atoms with Crippen LogP contribution in [0, 0.1) is 17.8 Å². The second kappa shape index (κ2) is 11.2. The fourth-order valence-corrected chi connectivity index (χ4v) is 6.31. The van der Waals surface area contributed by atoms with Crippen molar-refractivity contribution < 1.29 is 19.3 Å². The Kier molecular flexibility index (Phi) is 8.30. The first-order valence-corrected chi connectivity index (χ1v) is 12.8. The Morgan fingerprint density at radius 3 is 2.84 bits per heavy atom. The Morgan fingerprint density at radius 1 is 1.16 bits per heavy atom. The molecule has 0 bridgehead atoms. The summed E-state index contributed by atoms with van der Waals surface area (Å²) in [5, 5.41) is 11.0. The monoisotopic (exact) mass is 430 g/mol. The largest absolute Gasteiger partial charge is 0.496 e.